The zero-order valence-electron chi connectivity index (χ0n) is 8.32. The van der Waals surface area contributed by atoms with Gasteiger partial charge in [-0.05, 0) is 19.4 Å². The van der Waals surface area contributed by atoms with E-state index in [1.807, 2.05) is 13.8 Å². The molecule has 4 nitrogen and oxygen atoms in total. The number of amides is 1. The average molecular weight is 214 g/mol. The Morgan fingerprint density at radius 2 is 2.43 bits per heavy atom. The average Bonchev–Trinajstić information content (AvgIpc) is 2.20. The molecular weight excluding hydrogens is 200 g/mol. The largest absolute Gasteiger partial charge is 0.479 e. The van der Waals surface area contributed by atoms with Gasteiger partial charge in [0, 0.05) is 5.75 Å². The first-order valence-electron chi connectivity index (χ1n) is 4.69. The summed E-state index contributed by atoms with van der Waals surface area (Å²) < 4.78 is 5.46. The van der Waals surface area contributed by atoms with Crippen molar-refractivity contribution in [3.8, 4) is 0 Å². The summed E-state index contributed by atoms with van der Waals surface area (Å²) in [5, 5.41) is 0.0905. The second-order valence-electron chi connectivity index (χ2n) is 3.45. The summed E-state index contributed by atoms with van der Waals surface area (Å²) in [6, 6.07) is -0.344. The summed E-state index contributed by atoms with van der Waals surface area (Å²) in [6.07, 6.45) is 0. The number of fused-ring (bicyclic) bond motifs is 1. The van der Waals surface area contributed by atoms with Crippen LogP contribution in [0.5, 0.6) is 0 Å². The first-order valence-corrected chi connectivity index (χ1v) is 5.74. The molecule has 2 atom stereocenters. The Hall–Kier alpha value is -0.680. The maximum atomic E-state index is 11.5. The Morgan fingerprint density at radius 1 is 1.71 bits per heavy atom. The van der Waals surface area contributed by atoms with Crippen molar-refractivity contribution in [2.45, 2.75) is 25.3 Å². The summed E-state index contributed by atoms with van der Waals surface area (Å²) in [7, 11) is 0. The lowest BCUT2D eigenvalue weighted by Crippen LogP contribution is -2.67. The van der Waals surface area contributed by atoms with Gasteiger partial charge >= 0.3 is 0 Å². The molecule has 0 aromatic carbocycles. The molecule has 5 heteroatoms. The zero-order chi connectivity index (χ0) is 10.3. The molecule has 2 unspecified atom stereocenters. The van der Waals surface area contributed by atoms with Gasteiger partial charge in [-0.2, -0.15) is 0 Å². The molecule has 0 saturated carbocycles. The Kier molecular flexibility index (Phi) is 2.45. The molecule has 2 aliphatic rings. The number of β-lactam (4-membered cyclic amide) rings is 1. The fourth-order valence-electron chi connectivity index (χ4n) is 1.69. The van der Waals surface area contributed by atoms with Gasteiger partial charge in [-0.15, -0.1) is 11.8 Å². The predicted molar refractivity (Wildman–Crippen MR) is 55.4 cm³/mol. The van der Waals surface area contributed by atoms with Gasteiger partial charge in [-0.25, -0.2) is 0 Å². The molecule has 0 aromatic rings. The molecule has 2 rings (SSSR count). The smallest absolute Gasteiger partial charge is 0.250 e. The van der Waals surface area contributed by atoms with E-state index in [-0.39, 0.29) is 17.3 Å². The molecule has 1 amide bonds. The van der Waals surface area contributed by atoms with Gasteiger partial charge in [0.1, 0.15) is 11.4 Å². The minimum Gasteiger partial charge on any atom is -0.479 e. The van der Waals surface area contributed by atoms with E-state index in [1.165, 1.54) is 0 Å². The van der Waals surface area contributed by atoms with E-state index in [4.69, 9.17) is 10.5 Å². The third kappa shape index (κ3) is 1.23. The number of thioether (sulfide) groups is 1. The van der Waals surface area contributed by atoms with Crippen LogP contribution in [-0.2, 0) is 9.53 Å². The lowest BCUT2D eigenvalue weighted by atomic mass is 10.1. The first kappa shape index (κ1) is 9.86. The number of ether oxygens (including phenoxy) is 1. The van der Waals surface area contributed by atoms with E-state index in [9.17, 15) is 4.79 Å². The Bertz CT molecular complexity index is 303. The molecule has 2 N–H and O–H groups in total. The standard InChI is InChI=1S/C9H14N2O2S/c1-3-13-8-5(2)4-14-9-6(10)7(12)11(8)9/h6,9H,3-4,10H2,1-2H3. The minimum atomic E-state index is -0.344. The molecule has 2 heterocycles. The number of nitrogens with two attached hydrogens (primary N) is 1. The fourth-order valence-corrected chi connectivity index (χ4v) is 2.90. The summed E-state index contributed by atoms with van der Waals surface area (Å²) in [5.74, 6) is 1.60. The quantitative estimate of drug-likeness (QED) is 0.680. The highest BCUT2D eigenvalue weighted by Gasteiger charge is 2.50. The van der Waals surface area contributed by atoms with Crippen LogP contribution in [0.15, 0.2) is 11.5 Å². The highest BCUT2D eigenvalue weighted by atomic mass is 32.2. The normalized spacial score (nSPS) is 31.4. The SMILES string of the molecule is CCOC1=C(C)CSC2C(N)C(=O)N12. The van der Waals surface area contributed by atoms with Crippen LogP contribution in [0.3, 0.4) is 0 Å². The molecule has 14 heavy (non-hydrogen) atoms. The number of hydrogen-bond acceptors (Lipinski definition) is 4. The van der Waals surface area contributed by atoms with Crippen molar-refractivity contribution in [1.82, 2.24) is 4.90 Å². The summed E-state index contributed by atoms with van der Waals surface area (Å²) in [6.45, 7) is 4.50. The van der Waals surface area contributed by atoms with Gasteiger partial charge in [0.15, 0.2) is 5.88 Å². The van der Waals surface area contributed by atoms with E-state index in [0.29, 0.717) is 6.61 Å². The molecule has 0 aliphatic carbocycles. The van der Waals surface area contributed by atoms with Crippen molar-refractivity contribution in [3.05, 3.63) is 11.5 Å². The predicted octanol–water partition coefficient (Wildman–Crippen LogP) is 0.497. The lowest BCUT2D eigenvalue weighted by Gasteiger charge is -2.47. The van der Waals surface area contributed by atoms with Crippen molar-refractivity contribution >= 4 is 17.7 Å². The molecule has 78 valence electrons. The third-order valence-electron chi connectivity index (χ3n) is 2.42. The number of carbonyl (C=O) groups excluding carboxylic acids is 1. The molecule has 1 saturated heterocycles. The first-order chi connectivity index (χ1) is 6.66. The van der Waals surface area contributed by atoms with Crippen LogP contribution in [-0.4, -0.2) is 34.6 Å². The van der Waals surface area contributed by atoms with Gasteiger partial charge < -0.3 is 10.5 Å². The van der Waals surface area contributed by atoms with Crippen molar-refractivity contribution < 1.29 is 9.53 Å². The molecule has 0 radical (unpaired) electrons. The Labute approximate surface area is 87.5 Å². The zero-order valence-corrected chi connectivity index (χ0v) is 9.13. The highest BCUT2D eigenvalue weighted by molar-refractivity contribution is 8.00. The summed E-state index contributed by atoms with van der Waals surface area (Å²) in [5.41, 5.74) is 6.81. The maximum absolute atomic E-state index is 11.5. The second kappa shape index (κ2) is 3.47. The fraction of sp³-hybridized carbons (Fsp3) is 0.667. The summed E-state index contributed by atoms with van der Waals surface area (Å²) in [4.78, 5) is 13.2. The van der Waals surface area contributed by atoms with Crippen LogP contribution in [0.25, 0.3) is 0 Å². The van der Waals surface area contributed by atoms with Gasteiger partial charge in [0.2, 0.25) is 5.91 Å². The van der Waals surface area contributed by atoms with Crippen LogP contribution in [0.2, 0.25) is 0 Å². The third-order valence-corrected chi connectivity index (χ3v) is 3.87. The van der Waals surface area contributed by atoms with Crippen LogP contribution in [0.4, 0.5) is 0 Å². The van der Waals surface area contributed by atoms with E-state index < -0.39 is 0 Å². The van der Waals surface area contributed by atoms with Gasteiger partial charge in [-0.1, -0.05) is 0 Å². The second-order valence-corrected chi connectivity index (χ2v) is 4.56. The molecule has 0 bridgehead atoms. The molecule has 0 spiro atoms. The number of nitrogens with zero attached hydrogens (tertiary/aromatic N) is 1. The van der Waals surface area contributed by atoms with Crippen LogP contribution < -0.4 is 5.73 Å². The van der Waals surface area contributed by atoms with E-state index in [1.54, 1.807) is 16.7 Å². The van der Waals surface area contributed by atoms with E-state index >= 15 is 0 Å². The van der Waals surface area contributed by atoms with Crippen molar-refractivity contribution in [3.63, 3.8) is 0 Å². The minimum absolute atomic E-state index is 0.0231. The van der Waals surface area contributed by atoms with Crippen molar-refractivity contribution in [2.75, 3.05) is 12.4 Å². The molecule has 0 aromatic heterocycles. The van der Waals surface area contributed by atoms with Crippen molar-refractivity contribution in [2.24, 2.45) is 5.73 Å². The van der Waals surface area contributed by atoms with Gasteiger partial charge in [0.25, 0.3) is 0 Å². The lowest BCUT2D eigenvalue weighted by molar-refractivity contribution is -0.145. The maximum Gasteiger partial charge on any atom is 0.250 e. The van der Waals surface area contributed by atoms with E-state index in [2.05, 4.69) is 0 Å². The number of carbonyl (C=O) groups is 1. The number of rotatable bonds is 2. The van der Waals surface area contributed by atoms with Crippen LogP contribution in [0, 0.1) is 0 Å². The molecule has 2 aliphatic heterocycles. The van der Waals surface area contributed by atoms with Gasteiger partial charge in [-0.3, -0.25) is 9.69 Å². The highest BCUT2D eigenvalue weighted by Crippen LogP contribution is 2.39. The van der Waals surface area contributed by atoms with Crippen LogP contribution >= 0.6 is 11.8 Å². The van der Waals surface area contributed by atoms with E-state index in [0.717, 1.165) is 17.2 Å². The monoisotopic (exact) mass is 214 g/mol. The Balaban J connectivity index is 2.23. The molecule has 1 fully saturated rings. The summed E-state index contributed by atoms with van der Waals surface area (Å²) >= 11 is 1.70. The number of hydrogen-bond donors (Lipinski definition) is 1. The van der Waals surface area contributed by atoms with Crippen LogP contribution in [0.1, 0.15) is 13.8 Å². The Morgan fingerprint density at radius 3 is 3.07 bits per heavy atom. The van der Waals surface area contributed by atoms with Crippen molar-refractivity contribution in [1.29, 1.82) is 0 Å². The topological polar surface area (TPSA) is 55.6 Å². The van der Waals surface area contributed by atoms with Gasteiger partial charge in [0.05, 0.1) is 6.61 Å². The molecular formula is C9H14N2O2S.